The minimum atomic E-state index is -0.735. The van der Waals surface area contributed by atoms with Gasteiger partial charge < -0.3 is 9.47 Å². The van der Waals surface area contributed by atoms with Crippen molar-refractivity contribution in [3.8, 4) is 22.6 Å². The lowest BCUT2D eigenvalue weighted by Gasteiger charge is -2.39. The maximum Gasteiger partial charge on any atom is 0.178 e. The topological polar surface area (TPSA) is 18.5 Å². The average Bonchev–Trinajstić information content (AvgIpc) is 3.20. The highest BCUT2D eigenvalue weighted by Crippen LogP contribution is 2.59. The lowest BCUT2D eigenvalue weighted by atomic mass is 9.78. The largest absolute Gasteiger partial charge is 0.497 e. The number of methoxy groups -OCH3 is 1. The number of hydrogen-bond acceptors (Lipinski definition) is 2. The van der Waals surface area contributed by atoms with Gasteiger partial charge in [0.25, 0.3) is 0 Å². The fourth-order valence-corrected chi connectivity index (χ4v) is 6.37. The van der Waals surface area contributed by atoms with Crippen LogP contribution in [0.2, 0.25) is 0 Å². The third kappa shape index (κ3) is 2.99. The van der Waals surface area contributed by atoms with Gasteiger partial charge in [-0.15, -0.1) is 0 Å². The molecule has 0 unspecified atom stereocenters. The SMILES string of the molecule is COc1ccc2c3c(c4c(c2c1)C=CC(c1ccccc1)(c1ccccc1)O4)C(C)(C)c1ccccc1-3. The van der Waals surface area contributed by atoms with Crippen molar-refractivity contribution < 1.29 is 9.47 Å². The fraction of sp³-hybridized carbons (Fsp3) is 0.143. The van der Waals surface area contributed by atoms with E-state index in [0.717, 1.165) is 33.6 Å². The van der Waals surface area contributed by atoms with Crippen LogP contribution >= 0.6 is 0 Å². The van der Waals surface area contributed by atoms with Crippen molar-refractivity contribution in [2.24, 2.45) is 0 Å². The van der Waals surface area contributed by atoms with Crippen LogP contribution in [0.1, 0.15) is 41.7 Å². The van der Waals surface area contributed by atoms with Gasteiger partial charge in [-0.1, -0.05) is 105 Å². The Morgan fingerprint density at radius 3 is 2.03 bits per heavy atom. The quantitative estimate of drug-likeness (QED) is 0.258. The van der Waals surface area contributed by atoms with Crippen molar-refractivity contribution in [1.82, 2.24) is 0 Å². The smallest absolute Gasteiger partial charge is 0.178 e. The molecule has 0 atom stereocenters. The van der Waals surface area contributed by atoms with Gasteiger partial charge in [-0.2, -0.15) is 0 Å². The molecular weight excluding hydrogens is 452 g/mol. The molecule has 0 saturated heterocycles. The maximum absolute atomic E-state index is 7.36. The summed E-state index contributed by atoms with van der Waals surface area (Å²) in [4.78, 5) is 0. The highest BCUT2D eigenvalue weighted by atomic mass is 16.5. The predicted octanol–water partition coefficient (Wildman–Crippen LogP) is 8.50. The second-order valence-corrected chi connectivity index (χ2v) is 10.5. The summed E-state index contributed by atoms with van der Waals surface area (Å²) in [5.74, 6) is 1.80. The van der Waals surface area contributed by atoms with Crippen LogP contribution in [0.5, 0.6) is 11.5 Å². The van der Waals surface area contributed by atoms with E-state index in [0.29, 0.717) is 0 Å². The first-order valence-corrected chi connectivity index (χ1v) is 12.8. The minimum Gasteiger partial charge on any atom is -0.497 e. The zero-order valence-corrected chi connectivity index (χ0v) is 21.3. The molecule has 0 amide bonds. The van der Waals surface area contributed by atoms with E-state index < -0.39 is 5.60 Å². The summed E-state index contributed by atoms with van der Waals surface area (Å²) in [5.41, 5.74) is 7.50. The zero-order chi connectivity index (χ0) is 25.2. The van der Waals surface area contributed by atoms with Crippen LogP contribution in [-0.2, 0) is 11.0 Å². The van der Waals surface area contributed by atoms with E-state index in [-0.39, 0.29) is 5.41 Å². The van der Waals surface area contributed by atoms with E-state index in [4.69, 9.17) is 9.47 Å². The number of ether oxygens (including phenoxy) is 2. The molecule has 1 heterocycles. The summed E-state index contributed by atoms with van der Waals surface area (Å²) in [6.45, 7) is 4.64. The maximum atomic E-state index is 7.36. The van der Waals surface area contributed by atoms with Crippen molar-refractivity contribution in [3.63, 3.8) is 0 Å². The van der Waals surface area contributed by atoms with E-state index in [1.807, 2.05) is 0 Å². The average molecular weight is 481 g/mol. The van der Waals surface area contributed by atoms with Crippen LogP contribution in [0.4, 0.5) is 0 Å². The number of hydrogen-bond donors (Lipinski definition) is 0. The molecule has 7 rings (SSSR count). The highest BCUT2D eigenvalue weighted by Gasteiger charge is 2.45. The van der Waals surface area contributed by atoms with Gasteiger partial charge in [0.2, 0.25) is 0 Å². The fourth-order valence-electron chi connectivity index (χ4n) is 6.37. The van der Waals surface area contributed by atoms with Gasteiger partial charge in [0.05, 0.1) is 7.11 Å². The van der Waals surface area contributed by atoms with Crippen molar-refractivity contribution in [1.29, 1.82) is 0 Å². The molecular formula is C35H28O2. The molecule has 0 bridgehead atoms. The molecule has 0 radical (unpaired) electrons. The van der Waals surface area contributed by atoms with Gasteiger partial charge in [-0.3, -0.25) is 0 Å². The zero-order valence-electron chi connectivity index (χ0n) is 21.3. The molecule has 2 heteroatoms. The van der Waals surface area contributed by atoms with Crippen LogP contribution < -0.4 is 9.47 Å². The van der Waals surface area contributed by atoms with E-state index in [2.05, 4.69) is 129 Å². The Labute approximate surface area is 217 Å². The predicted molar refractivity (Wildman–Crippen MR) is 151 cm³/mol. The Morgan fingerprint density at radius 1 is 0.703 bits per heavy atom. The second-order valence-electron chi connectivity index (χ2n) is 10.5. The second kappa shape index (κ2) is 7.85. The van der Waals surface area contributed by atoms with Crippen molar-refractivity contribution in [3.05, 3.63) is 137 Å². The lowest BCUT2D eigenvalue weighted by molar-refractivity contribution is 0.158. The number of benzene rings is 5. The Morgan fingerprint density at radius 2 is 1.35 bits per heavy atom. The summed E-state index contributed by atoms with van der Waals surface area (Å²) in [7, 11) is 1.72. The minimum absolute atomic E-state index is 0.214. The monoisotopic (exact) mass is 480 g/mol. The van der Waals surface area contributed by atoms with E-state index in [9.17, 15) is 0 Å². The Bertz CT molecular complexity index is 1660. The van der Waals surface area contributed by atoms with Gasteiger partial charge in [0, 0.05) is 27.7 Å². The summed E-state index contributed by atoms with van der Waals surface area (Å²) < 4.78 is 13.0. The third-order valence-electron chi connectivity index (χ3n) is 8.16. The molecule has 0 saturated carbocycles. The molecule has 0 spiro atoms. The van der Waals surface area contributed by atoms with Crippen molar-refractivity contribution in [2.75, 3.05) is 7.11 Å². The molecule has 2 aliphatic rings. The van der Waals surface area contributed by atoms with Crippen LogP contribution in [0, 0.1) is 0 Å². The molecule has 5 aromatic rings. The standard InChI is InChI=1S/C35H28O2/c1-34(2)30-17-11-10-16-28(30)31-26-19-18-25(36-3)22-29(26)27-20-21-35(37-33(27)32(31)34,23-12-6-4-7-13-23)24-14-8-5-9-15-24/h4-22H,1-3H3. The number of rotatable bonds is 3. The van der Waals surface area contributed by atoms with Gasteiger partial charge in [0.15, 0.2) is 5.60 Å². The molecule has 5 aromatic carbocycles. The molecule has 1 aliphatic heterocycles. The molecule has 0 aromatic heterocycles. The molecule has 1 aliphatic carbocycles. The normalized spacial score (nSPS) is 16.0. The first kappa shape index (κ1) is 21.9. The molecule has 2 nitrogen and oxygen atoms in total. The van der Waals surface area contributed by atoms with E-state index >= 15 is 0 Å². The number of fused-ring (bicyclic) bond motifs is 8. The van der Waals surface area contributed by atoms with E-state index in [1.165, 1.54) is 27.6 Å². The van der Waals surface area contributed by atoms with Gasteiger partial charge in [0.1, 0.15) is 11.5 Å². The summed E-state index contributed by atoms with van der Waals surface area (Å²) in [5, 5.41) is 2.37. The van der Waals surface area contributed by atoms with Gasteiger partial charge in [-0.25, -0.2) is 0 Å². The molecule has 37 heavy (non-hydrogen) atoms. The van der Waals surface area contributed by atoms with Crippen LogP contribution in [0.3, 0.4) is 0 Å². The molecule has 180 valence electrons. The lowest BCUT2D eigenvalue weighted by Crippen LogP contribution is -2.35. The highest BCUT2D eigenvalue weighted by molar-refractivity contribution is 6.09. The van der Waals surface area contributed by atoms with Crippen LogP contribution in [0.25, 0.3) is 28.0 Å². The summed E-state index contributed by atoms with van der Waals surface area (Å²) >= 11 is 0. The molecule has 0 fully saturated rings. The first-order chi connectivity index (χ1) is 18.0. The van der Waals surface area contributed by atoms with Gasteiger partial charge in [-0.05, 0) is 51.7 Å². The van der Waals surface area contributed by atoms with Crippen LogP contribution in [-0.4, -0.2) is 7.11 Å². The Hall–Kier alpha value is -4.30. The summed E-state index contributed by atoms with van der Waals surface area (Å²) in [6.07, 6.45) is 4.49. The Balaban J connectivity index is 1.60. The van der Waals surface area contributed by atoms with Crippen molar-refractivity contribution in [2.45, 2.75) is 24.9 Å². The van der Waals surface area contributed by atoms with Gasteiger partial charge >= 0.3 is 0 Å². The summed E-state index contributed by atoms with van der Waals surface area (Å²) in [6, 6.07) is 36.3. The first-order valence-electron chi connectivity index (χ1n) is 12.8. The molecule has 0 N–H and O–H groups in total. The van der Waals surface area contributed by atoms with E-state index in [1.54, 1.807) is 7.11 Å². The Kier molecular flexibility index (Phi) is 4.65. The third-order valence-corrected chi connectivity index (χ3v) is 8.16. The van der Waals surface area contributed by atoms with Crippen molar-refractivity contribution >= 4 is 16.8 Å². The van der Waals surface area contributed by atoms with Crippen LogP contribution in [0.15, 0.2) is 109 Å².